The number of aliphatic hydroxyl groups excluding tert-OH is 1. The number of carbonyl (C=O) groups is 2. The molecule has 1 aliphatic rings. The summed E-state index contributed by atoms with van der Waals surface area (Å²) in [5, 5.41) is 29.0. The number of aromatic nitrogens is 1. The Hall–Kier alpha value is -4.08. The van der Waals surface area contributed by atoms with Crippen LogP contribution in [0.1, 0.15) is 36.9 Å². The van der Waals surface area contributed by atoms with Crippen molar-refractivity contribution in [2.24, 2.45) is 0 Å². The Morgan fingerprint density at radius 3 is 2.45 bits per heavy atom. The van der Waals surface area contributed by atoms with Gasteiger partial charge in [-0.25, -0.2) is 9.59 Å². The van der Waals surface area contributed by atoms with Crippen LogP contribution in [0.5, 0.6) is 11.5 Å². The van der Waals surface area contributed by atoms with Crippen molar-refractivity contribution >= 4 is 33.6 Å². The number of aliphatic hydroxyl groups is 1. The monoisotopic (exact) mass is 548 g/mol. The highest BCUT2D eigenvalue weighted by atomic mass is 16.5. The van der Waals surface area contributed by atoms with Gasteiger partial charge in [-0.3, -0.25) is 4.90 Å². The highest BCUT2D eigenvalue weighted by Crippen LogP contribution is 2.35. The van der Waals surface area contributed by atoms with E-state index in [1.807, 2.05) is 37.3 Å². The highest BCUT2D eigenvalue weighted by Gasteiger charge is 2.28. The average molecular weight is 549 g/mol. The van der Waals surface area contributed by atoms with E-state index in [-0.39, 0.29) is 0 Å². The molecule has 3 aromatic carbocycles. The van der Waals surface area contributed by atoms with E-state index in [1.165, 1.54) is 16.3 Å². The van der Waals surface area contributed by atoms with Crippen molar-refractivity contribution in [1.29, 1.82) is 0 Å². The number of ether oxygens (including phenoxy) is 2. The van der Waals surface area contributed by atoms with E-state index >= 15 is 0 Å². The number of nitrogens with one attached hydrogen (secondary N) is 1. The lowest BCUT2D eigenvalue weighted by molar-refractivity contribution is -0.159. The number of hydrogen-bond acceptors (Lipinski definition) is 6. The average Bonchev–Trinajstić information content (AvgIpc) is 3.33. The summed E-state index contributed by atoms with van der Waals surface area (Å²) in [5.41, 5.74) is 3.54. The molecule has 0 aliphatic carbocycles. The van der Waals surface area contributed by atoms with Crippen LogP contribution in [-0.2, 0) is 9.59 Å². The number of aliphatic carboxylic acids is 2. The lowest BCUT2D eigenvalue weighted by Crippen LogP contribution is -2.45. The minimum absolute atomic E-state index is 0.292. The van der Waals surface area contributed by atoms with Crippen LogP contribution in [0.2, 0.25) is 0 Å². The molecule has 1 fully saturated rings. The lowest BCUT2D eigenvalue weighted by Gasteiger charge is -2.39. The predicted molar refractivity (Wildman–Crippen MR) is 153 cm³/mol. The number of hydrogen-bond donors (Lipinski definition) is 4. The summed E-state index contributed by atoms with van der Waals surface area (Å²) in [7, 11) is 1.73. The van der Waals surface area contributed by atoms with Crippen LogP contribution >= 0.6 is 0 Å². The summed E-state index contributed by atoms with van der Waals surface area (Å²) in [6.07, 6.45) is 1.63. The van der Waals surface area contributed by atoms with E-state index in [9.17, 15) is 5.11 Å². The summed E-state index contributed by atoms with van der Waals surface area (Å²) in [4.78, 5) is 23.9. The first-order valence-electron chi connectivity index (χ1n) is 13.3. The molecule has 0 bridgehead atoms. The Labute approximate surface area is 232 Å². The van der Waals surface area contributed by atoms with Gasteiger partial charge in [-0.1, -0.05) is 30.3 Å². The second-order valence-electron chi connectivity index (χ2n) is 10.3. The molecule has 40 heavy (non-hydrogen) atoms. The third-order valence-corrected chi connectivity index (χ3v) is 7.39. The van der Waals surface area contributed by atoms with Crippen LogP contribution in [0.3, 0.4) is 0 Å². The zero-order valence-electron chi connectivity index (χ0n) is 23.0. The molecule has 5 rings (SSSR count). The van der Waals surface area contributed by atoms with Gasteiger partial charge in [0, 0.05) is 34.6 Å². The zero-order valence-corrected chi connectivity index (χ0v) is 23.0. The van der Waals surface area contributed by atoms with Gasteiger partial charge >= 0.3 is 11.9 Å². The number of β-amino-alcohol motifs (C(OH)–C–C–N with tert-alkyl or cyclic N) is 1. The number of likely N-dealkylation sites (tertiary alicyclic amines) is 1. The number of piperidine rings is 1. The van der Waals surface area contributed by atoms with Gasteiger partial charge in [0.25, 0.3) is 0 Å². The highest BCUT2D eigenvalue weighted by molar-refractivity contribution is 6.27. The molecule has 1 unspecified atom stereocenters. The van der Waals surface area contributed by atoms with Crippen LogP contribution in [0, 0.1) is 6.92 Å². The van der Waals surface area contributed by atoms with Gasteiger partial charge in [0.1, 0.15) is 24.2 Å². The van der Waals surface area contributed by atoms with Crippen molar-refractivity contribution in [3.63, 3.8) is 0 Å². The Morgan fingerprint density at radius 1 is 1.02 bits per heavy atom. The van der Waals surface area contributed by atoms with Gasteiger partial charge in [-0.2, -0.15) is 0 Å². The standard InChI is InChI=1S/C29H34N2O3.C2H2O4/c1-19-14-26-27(30-19)7-5-9-29(26)34-18-24(32)17-31-13-12-23(15-20(31)2)22-11-10-21-6-4-8-28(33-3)25(21)16-22;3-1(4)2(5)6/h4-11,14,16,20,23-24,30,32H,12-13,15,17-18H2,1-3H3;(H,3,4)(H,5,6)/t20-,23-,24?;/m0./s1. The van der Waals surface area contributed by atoms with Crippen LogP contribution in [-0.4, -0.2) is 76.1 Å². The molecule has 2 heterocycles. The van der Waals surface area contributed by atoms with Gasteiger partial charge in [-0.15, -0.1) is 0 Å². The van der Waals surface area contributed by atoms with Crippen molar-refractivity contribution < 1.29 is 34.4 Å². The summed E-state index contributed by atoms with van der Waals surface area (Å²) in [6.45, 7) is 6.20. The predicted octanol–water partition coefficient (Wildman–Crippen LogP) is 4.80. The lowest BCUT2D eigenvalue weighted by atomic mass is 9.85. The number of methoxy groups -OCH3 is 1. The van der Waals surface area contributed by atoms with E-state index < -0.39 is 18.0 Å². The topological polar surface area (TPSA) is 132 Å². The molecule has 3 atom stereocenters. The summed E-state index contributed by atoms with van der Waals surface area (Å²) < 4.78 is 11.6. The van der Waals surface area contributed by atoms with E-state index in [0.29, 0.717) is 25.1 Å². The van der Waals surface area contributed by atoms with Crippen molar-refractivity contribution in [1.82, 2.24) is 9.88 Å². The first-order valence-corrected chi connectivity index (χ1v) is 13.3. The maximum Gasteiger partial charge on any atom is 0.414 e. The number of aryl methyl sites for hydroxylation is 1. The Morgan fingerprint density at radius 2 is 1.75 bits per heavy atom. The number of aromatic amines is 1. The number of benzene rings is 3. The summed E-state index contributed by atoms with van der Waals surface area (Å²) >= 11 is 0. The number of carboxylic acid groups (broad SMARTS) is 2. The SMILES string of the molecule is COc1cccc2ccc([C@H]3CCN(CC(O)COc4cccc5[nH]c(C)cc45)[C@@H](C)C3)cc12.O=C(O)C(=O)O. The number of fused-ring (bicyclic) bond motifs is 2. The molecule has 1 aliphatic heterocycles. The van der Waals surface area contributed by atoms with E-state index in [4.69, 9.17) is 29.3 Å². The molecule has 9 heteroatoms. The molecule has 0 spiro atoms. The smallest absolute Gasteiger partial charge is 0.414 e. The summed E-state index contributed by atoms with van der Waals surface area (Å²) in [6, 6.07) is 21.5. The van der Waals surface area contributed by atoms with Crippen molar-refractivity contribution in [3.8, 4) is 11.5 Å². The van der Waals surface area contributed by atoms with Crippen molar-refractivity contribution in [2.45, 2.75) is 44.8 Å². The fourth-order valence-electron chi connectivity index (χ4n) is 5.39. The Balaban J connectivity index is 0.000000557. The fraction of sp³-hybridized carbons (Fsp3) is 0.355. The van der Waals surface area contributed by atoms with E-state index in [2.05, 4.69) is 47.1 Å². The van der Waals surface area contributed by atoms with E-state index in [1.54, 1.807) is 7.11 Å². The molecular weight excluding hydrogens is 512 g/mol. The van der Waals surface area contributed by atoms with Gasteiger partial charge in [0.05, 0.1) is 7.11 Å². The van der Waals surface area contributed by atoms with Crippen LogP contribution in [0.25, 0.3) is 21.7 Å². The number of rotatable bonds is 7. The Bertz CT molecular complexity index is 1470. The second-order valence-corrected chi connectivity index (χ2v) is 10.3. The number of carboxylic acids is 2. The molecule has 212 valence electrons. The fourth-order valence-corrected chi connectivity index (χ4v) is 5.39. The molecule has 1 saturated heterocycles. The maximum atomic E-state index is 10.7. The molecule has 0 radical (unpaired) electrons. The van der Waals surface area contributed by atoms with Gasteiger partial charge in [0.2, 0.25) is 0 Å². The largest absolute Gasteiger partial charge is 0.496 e. The number of nitrogens with zero attached hydrogens (tertiary/aromatic N) is 1. The van der Waals surface area contributed by atoms with Crippen LogP contribution in [0.15, 0.2) is 60.7 Å². The molecule has 9 nitrogen and oxygen atoms in total. The Kier molecular flexibility index (Phi) is 9.29. The quantitative estimate of drug-likeness (QED) is 0.242. The number of H-pyrrole nitrogens is 1. The maximum absolute atomic E-state index is 10.7. The minimum atomic E-state index is -1.82. The van der Waals surface area contributed by atoms with Gasteiger partial charge in [0.15, 0.2) is 0 Å². The first kappa shape index (κ1) is 28.9. The van der Waals surface area contributed by atoms with Crippen LogP contribution in [0.4, 0.5) is 0 Å². The minimum Gasteiger partial charge on any atom is -0.496 e. The molecule has 4 aromatic rings. The molecule has 4 N–H and O–H groups in total. The van der Waals surface area contributed by atoms with Gasteiger partial charge < -0.3 is 29.8 Å². The normalized spacial score (nSPS) is 18.1. The summed E-state index contributed by atoms with van der Waals surface area (Å²) in [5.74, 6) is -1.38. The third kappa shape index (κ3) is 6.91. The second kappa shape index (κ2) is 12.8. The molecule has 0 amide bonds. The third-order valence-electron chi connectivity index (χ3n) is 7.39. The van der Waals surface area contributed by atoms with Crippen molar-refractivity contribution in [3.05, 3.63) is 71.9 Å². The molecule has 1 aromatic heterocycles. The molecular formula is C31H36N2O7. The van der Waals surface area contributed by atoms with E-state index in [0.717, 1.165) is 47.5 Å². The van der Waals surface area contributed by atoms with Crippen molar-refractivity contribution in [2.75, 3.05) is 26.8 Å². The van der Waals surface area contributed by atoms with Gasteiger partial charge in [-0.05, 0) is 80.4 Å². The molecule has 0 saturated carbocycles. The first-order chi connectivity index (χ1) is 19.2. The van der Waals surface area contributed by atoms with Crippen LogP contribution < -0.4 is 9.47 Å². The zero-order chi connectivity index (χ0) is 28.8.